The molecule has 0 bridgehead atoms. The number of anilines is 1. The van der Waals surface area contributed by atoms with Crippen molar-refractivity contribution in [1.29, 1.82) is 0 Å². The van der Waals surface area contributed by atoms with Crippen LogP contribution in [0.4, 0.5) is 5.69 Å². The van der Waals surface area contributed by atoms with E-state index in [1.54, 1.807) is 41.7 Å². The summed E-state index contributed by atoms with van der Waals surface area (Å²) >= 11 is 1.54. The van der Waals surface area contributed by atoms with Crippen LogP contribution in [0.3, 0.4) is 0 Å². The molecule has 6 nitrogen and oxygen atoms in total. The van der Waals surface area contributed by atoms with E-state index in [0.29, 0.717) is 5.69 Å². The largest absolute Gasteiger partial charge is 0.325 e. The van der Waals surface area contributed by atoms with E-state index in [2.05, 4.69) is 10.3 Å². The molecule has 0 saturated heterocycles. The van der Waals surface area contributed by atoms with Crippen LogP contribution in [0.25, 0.3) is 10.2 Å². The first-order valence-corrected chi connectivity index (χ1v) is 10.2. The van der Waals surface area contributed by atoms with Crippen molar-refractivity contribution in [3.05, 3.63) is 53.0 Å². The zero-order valence-electron chi connectivity index (χ0n) is 14.7. The second-order valence-electron chi connectivity index (χ2n) is 6.04. The van der Waals surface area contributed by atoms with Gasteiger partial charge in [0.1, 0.15) is 0 Å². The number of benzene rings is 2. The van der Waals surface area contributed by atoms with Gasteiger partial charge in [0.05, 0.1) is 26.7 Å². The lowest BCUT2D eigenvalue weighted by Gasteiger charge is -2.17. The molecule has 0 spiro atoms. The third kappa shape index (κ3) is 3.92. The topological polar surface area (TPSA) is 79.4 Å². The normalized spacial score (nSPS) is 11.8. The molecule has 1 aromatic heterocycles. The molecule has 0 radical (unpaired) electrons. The Morgan fingerprint density at radius 2 is 1.85 bits per heavy atom. The number of carbonyl (C=O) groups is 1. The fraction of sp³-hybridized carbons (Fsp3) is 0.222. The molecule has 0 fully saturated rings. The van der Waals surface area contributed by atoms with Crippen LogP contribution in [0.1, 0.15) is 10.6 Å². The van der Waals surface area contributed by atoms with Gasteiger partial charge >= 0.3 is 0 Å². The maximum atomic E-state index is 12.5. The lowest BCUT2D eigenvalue weighted by molar-refractivity contribution is -0.116. The number of nitrogens with zero attached hydrogens (tertiary/aromatic N) is 2. The molecule has 136 valence electrons. The van der Waals surface area contributed by atoms with Gasteiger partial charge in [-0.3, -0.25) is 4.79 Å². The van der Waals surface area contributed by atoms with Gasteiger partial charge in [0.25, 0.3) is 0 Å². The zero-order valence-corrected chi connectivity index (χ0v) is 16.3. The first kappa shape index (κ1) is 18.5. The lowest BCUT2D eigenvalue weighted by Crippen LogP contribution is -2.34. The fourth-order valence-corrected chi connectivity index (χ4v) is 4.49. The lowest BCUT2D eigenvalue weighted by atomic mass is 10.2. The minimum Gasteiger partial charge on any atom is -0.325 e. The SMILES string of the molecule is Cc1ccc(S(=O)(=O)N(C)CC(=O)Nc2ccc3nc(C)sc3c2)cc1. The summed E-state index contributed by atoms with van der Waals surface area (Å²) < 4.78 is 27.1. The van der Waals surface area contributed by atoms with Crippen molar-refractivity contribution >= 4 is 43.2 Å². The molecule has 0 aliphatic heterocycles. The highest BCUT2D eigenvalue weighted by molar-refractivity contribution is 7.89. The molecule has 3 aromatic rings. The fourth-order valence-electron chi connectivity index (χ4n) is 2.50. The summed E-state index contributed by atoms with van der Waals surface area (Å²) in [5.74, 6) is -0.399. The predicted molar refractivity (Wildman–Crippen MR) is 104 cm³/mol. The smallest absolute Gasteiger partial charge is 0.243 e. The Kier molecular flexibility index (Phi) is 5.08. The maximum absolute atomic E-state index is 12.5. The van der Waals surface area contributed by atoms with E-state index in [4.69, 9.17) is 0 Å². The molecule has 1 heterocycles. The summed E-state index contributed by atoms with van der Waals surface area (Å²) in [4.78, 5) is 16.8. The van der Waals surface area contributed by atoms with Crippen LogP contribution in [-0.4, -0.2) is 37.2 Å². The molecule has 26 heavy (non-hydrogen) atoms. The average Bonchev–Trinajstić information content (AvgIpc) is 2.94. The second-order valence-corrected chi connectivity index (χ2v) is 9.32. The van der Waals surface area contributed by atoms with Crippen LogP contribution >= 0.6 is 11.3 Å². The Morgan fingerprint density at radius 3 is 2.54 bits per heavy atom. The van der Waals surface area contributed by atoms with Gasteiger partial charge in [-0.2, -0.15) is 4.31 Å². The Labute approximate surface area is 156 Å². The Hall–Kier alpha value is -2.29. The number of fused-ring (bicyclic) bond motifs is 1. The summed E-state index contributed by atoms with van der Waals surface area (Å²) in [6, 6.07) is 12.0. The molecule has 3 rings (SSSR count). The predicted octanol–water partition coefficient (Wildman–Crippen LogP) is 3.17. The minimum absolute atomic E-state index is 0.167. The Balaban J connectivity index is 1.70. The molecule has 0 unspecified atom stereocenters. The molecule has 0 atom stereocenters. The number of likely N-dealkylation sites (N-methyl/N-ethyl adjacent to an activating group) is 1. The maximum Gasteiger partial charge on any atom is 0.243 e. The van der Waals surface area contributed by atoms with Crippen molar-refractivity contribution in [2.45, 2.75) is 18.7 Å². The highest BCUT2D eigenvalue weighted by Gasteiger charge is 2.22. The van der Waals surface area contributed by atoms with Crippen LogP contribution in [0, 0.1) is 13.8 Å². The van der Waals surface area contributed by atoms with E-state index >= 15 is 0 Å². The number of thiazole rings is 1. The van der Waals surface area contributed by atoms with Crippen molar-refractivity contribution < 1.29 is 13.2 Å². The molecular weight excluding hydrogens is 370 g/mol. The number of carbonyl (C=O) groups excluding carboxylic acids is 1. The van der Waals surface area contributed by atoms with E-state index in [0.717, 1.165) is 25.1 Å². The summed E-state index contributed by atoms with van der Waals surface area (Å²) in [7, 11) is -2.32. The van der Waals surface area contributed by atoms with Gasteiger partial charge in [-0.15, -0.1) is 11.3 Å². The Morgan fingerprint density at radius 1 is 1.15 bits per heavy atom. The van der Waals surface area contributed by atoms with Gasteiger partial charge in [-0.1, -0.05) is 17.7 Å². The summed E-state index contributed by atoms with van der Waals surface area (Å²) in [6.07, 6.45) is 0. The first-order valence-electron chi connectivity index (χ1n) is 7.96. The van der Waals surface area contributed by atoms with E-state index in [9.17, 15) is 13.2 Å². The van der Waals surface area contributed by atoms with Crippen molar-refractivity contribution in [2.24, 2.45) is 0 Å². The van der Waals surface area contributed by atoms with Crippen LogP contribution < -0.4 is 5.32 Å². The van der Waals surface area contributed by atoms with Crippen LogP contribution in [0.5, 0.6) is 0 Å². The number of sulfonamides is 1. The monoisotopic (exact) mass is 389 g/mol. The highest BCUT2D eigenvalue weighted by atomic mass is 32.2. The number of nitrogens with one attached hydrogen (secondary N) is 1. The first-order chi connectivity index (χ1) is 12.3. The van der Waals surface area contributed by atoms with Gasteiger partial charge < -0.3 is 5.32 Å². The molecule has 8 heteroatoms. The molecule has 0 aliphatic carbocycles. The van der Waals surface area contributed by atoms with Crippen molar-refractivity contribution in [2.75, 3.05) is 18.9 Å². The highest BCUT2D eigenvalue weighted by Crippen LogP contribution is 2.24. The number of rotatable bonds is 5. The van der Waals surface area contributed by atoms with E-state index in [-0.39, 0.29) is 11.4 Å². The van der Waals surface area contributed by atoms with E-state index < -0.39 is 15.9 Å². The van der Waals surface area contributed by atoms with Crippen LogP contribution in [0.2, 0.25) is 0 Å². The number of hydrogen-bond acceptors (Lipinski definition) is 5. The quantitative estimate of drug-likeness (QED) is 0.727. The second kappa shape index (κ2) is 7.14. The van der Waals surface area contributed by atoms with Crippen LogP contribution in [-0.2, 0) is 14.8 Å². The summed E-state index contributed by atoms with van der Waals surface area (Å²) in [6.45, 7) is 3.54. The molecule has 2 aromatic carbocycles. The van der Waals surface area contributed by atoms with Gasteiger partial charge in [0.2, 0.25) is 15.9 Å². The molecule has 1 N–H and O–H groups in total. The van der Waals surface area contributed by atoms with E-state index in [1.165, 1.54) is 7.05 Å². The van der Waals surface area contributed by atoms with Crippen LogP contribution in [0.15, 0.2) is 47.4 Å². The van der Waals surface area contributed by atoms with Crippen molar-refractivity contribution in [3.63, 3.8) is 0 Å². The van der Waals surface area contributed by atoms with Crippen molar-refractivity contribution in [1.82, 2.24) is 9.29 Å². The number of hydrogen-bond donors (Lipinski definition) is 1. The number of amides is 1. The van der Waals surface area contributed by atoms with E-state index in [1.807, 2.05) is 26.0 Å². The minimum atomic E-state index is -3.71. The molecule has 0 saturated carbocycles. The number of aryl methyl sites for hydroxylation is 2. The molecule has 1 amide bonds. The average molecular weight is 390 g/mol. The van der Waals surface area contributed by atoms with Crippen molar-refractivity contribution in [3.8, 4) is 0 Å². The molecular formula is C18H19N3O3S2. The van der Waals surface area contributed by atoms with Gasteiger partial charge in [-0.05, 0) is 44.2 Å². The summed E-state index contributed by atoms with van der Waals surface area (Å²) in [5, 5.41) is 3.69. The third-order valence-electron chi connectivity index (χ3n) is 3.87. The standard InChI is InChI=1S/C18H19N3O3S2/c1-12-4-7-15(8-5-12)26(23,24)21(3)11-18(22)20-14-6-9-16-17(10-14)25-13(2)19-16/h4-10H,11H2,1-3H3,(H,20,22). The Bertz CT molecular complexity index is 1060. The van der Waals surface area contributed by atoms with Gasteiger partial charge in [0.15, 0.2) is 0 Å². The van der Waals surface area contributed by atoms with Gasteiger partial charge in [0, 0.05) is 12.7 Å². The zero-order chi connectivity index (χ0) is 18.9. The number of aromatic nitrogens is 1. The molecule has 0 aliphatic rings. The third-order valence-corrected chi connectivity index (χ3v) is 6.63. The summed E-state index contributed by atoms with van der Waals surface area (Å²) in [5.41, 5.74) is 2.47. The van der Waals surface area contributed by atoms with Gasteiger partial charge in [-0.25, -0.2) is 13.4 Å².